The van der Waals surface area contributed by atoms with Crippen molar-refractivity contribution < 1.29 is 191 Å². The number of carbonyl (C=O) groups is 8. The minimum Gasteiger partial charge on any atom is -0.504 e. The molecule has 0 bridgehead atoms. The summed E-state index contributed by atoms with van der Waals surface area (Å²) in [5, 5.41) is 321. The lowest BCUT2D eigenvalue weighted by molar-refractivity contribution is -0.402. The zero-order valence-corrected chi connectivity index (χ0v) is 48.8. The summed E-state index contributed by atoms with van der Waals surface area (Å²) in [6.45, 7) is 0. The van der Waals surface area contributed by atoms with Crippen molar-refractivity contribution in [2.45, 2.75) is 33.8 Å². The molecule has 520 valence electrons. The van der Waals surface area contributed by atoms with E-state index in [9.17, 15) is 138 Å². The van der Waals surface area contributed by atoms with Gasteiger partial charge in [-0.05, 0) is 97.1 Å². The Balaban J connectivity index is 1.76. The fourth-order valence-corrected chi connectivity index (χ4v) is 11.1. The third-order valence-electron chi connectivity index (χ3n) is 16.0. The molecular weight excluding hydrogens is 1350 g/mol. The first-order chi connectivity index (χ1) is 46.3. The van der Waals surface area contributed by atoms with Crippen LogP contribution in [0, 0.1) is 0 Å². The van der Waals surface area contributed by atoms with Gasteiger partial charge in [-0.1, -0.05) is 0 Å². The minimum atomic E-state index is -6.63. The maximum Gasteiger partial charge on any atom is 0.341 e. The van der Waals surface area contributed by atoms with Crippen LogP contribution in [0.4, 0.5) is 0 Å². The fraction of sp³-hybridized carbons (Fsp3) is 0.0968. The van der Waals surface area contributed by atoms with Crippen LogP contribution in [0.15, 0.2) is 97.1 Å². The number of phenols is 24. The molecule has 1 fully saturated rings. The quantitative estimate of drug-likeness (QED) is 0.0253. The van der Waals surface area contributed by atoms with Crippen molar-refractivity contribution in [3.05, 3.63) is 142 Å². The Labute approximate surface area is 549 Å². The average Bonchev–Trinajstić information content (AvgIpc) is 0.632. The normalized spacial score (nSPS) is 19.6. The molecule has 38 nitrogen and oxygen atoms in total. The molecule has 8 aromatic rings. The predicted octanol–water partition coefficient (Wildman–Crippen LogP) is 0.348. The Morgan fingerprint density at radius 1 is 0.260 bits per heavy atom. The Kier molecular flexibility index (Phi) is 16.4. The highest BCUT2D eigenvalue weighted by atomic mass is 16.8. The van der Waals surface area contributed by atoms with Gasteiger partial charge < -0.3 is 152 Å². The van der Waals surface area contributed by atoms with Crippen LogP contribution in [0.3, 0.4) is 0 Å². The van der Waals surface area contributed by atoms with Crippen molar-refractivity contribution in [3.63, 3.8) is 0 Å². The summed E-state index contributed by atoms with van der Waals surface area (Å²) >= 11 is 0. The summed E-state index contributed by atoms with van der Waals surface area (Å²) in [6.07, 6.45) is 0. The van der Waals surface area contributed by atoms with Gasteiger partial charge in [-0.2, -0.15) is 0 Å². The number of ether oxygens (including phenoxy) is 2. The van der Waals surface area contributed by atoms with Gasteiger partial charge in [0.05, 0.1) is 5.56 Å². The van der Waals surface area contributed by atoms with Gasteiger partial charge in [-0.3, -0.25) is 33.6 Å². The lowest BCUT2D eigenvalue weighted by Gasteiger charge is -2.66. The number of phenolic OH excluding ortho intramolecular Hbond substituents is 24. The second kappa shape index (κ2) is 23.4. The van der Waals surface area contributed by atoms with Gasteiger partial charge in [0.2, 0.25) is 68.5 Å². The minimum absolute atomic E-state index is 0.0756. The second-order valence-corrected chi connectivity index (χ2v) is 21.8. The highest BCUT2D eigenvalue weighted by Gasteiger charge is 2.96. The van der Waals surface area contributed by atoms with E-state index < -0.39 is 263 Å². The number of aromatic hydroxyl groups is 24. The molecule has 8 aromatic carbocycles. The predicted molar refractivity (Wildman–Crippen MR) is 314 cm³/mol. The molecule has 5 unspecified atom stereocenters. The van der Waals surface area contributed by atoms with Crippen molar-refractivity contribution in [3.8, 4) is 138 Å². The van der Waals surface area contributed by atoms with E-state index in [4.69, 9.17) is 9.47 Å². The van der Waals surface area contributed by atoms with Crippen molar-refractivity contribution in [2.75, 3.05) is 0 Å². The molecule has 0 amide bonds. The summed E-state index contributed by atoms with van der Waals surface area (Å²) in [5.41, 5.74) is -48.9. The first-order valence-electron chi connectivity index (χ1n) is 26.9. The van der Waals surface area contributed by atoms with Crippen molar-refractivity contribution in [1.82, 2.24) is 0 Å². The zero-order chi connectivity index (χ0) is 74.8. The summed E-state index contributed by atoms with van der Waals surface area (Å²) in [5.74, 6) is -76.5. The SMILES string of the molecule is O=C(OC1(C(=O)c2cc(O)c(O)c(O)c2)OC(C(=O)c2cc(O)c(O)c(O)c2)(C(O)(C(=O)c2cc(O)c(O)c(O)c2)C(=O)c2cc(O)c(O)c(O)c2)C(O)(C(=O)c2cc(O)c(O)c(O)c2)C(O)(C(=O)c2cc(O)c(O)c(O)c2)C1(O)C(=O)c1cc(O)c(O)c(O)c1)c1cc(O)c(O)c(O)c1. The number of rotatable bonds is 17. The molecule has 1 heterocycles. The van der Waals surface area contributed by atoms with Crippen LogP contribution in [-0.4, -0.2) is 223 Å². The first kappa shape index (κ1) is 70.2. The zero-order valence-electron chi connectivity index (χ0n) is 48.8. The lowest BCUT2D eigenvalue weighted by Crippen LogP contribution is -2.98. The molecule has 9 rings (SSSR count). The largest absolute Gasteiger partial charge is 0.504 e. The summed E-state index contributed by atoms with van der Waals surface area (Å²) < 4.78 is 11.6. The van der Waals surface area contributed by atoms with Crippen LogP contribution in [0.1, 0.15) is 82.9 Å². The molecule has 28 N–H and O–H groups in total. The number of aliphatic hydroxyl groups is 4. The summed E-state index contributed by atoms with van der Waals surface area (Å²) in [7, 11) is 0. The van der Waals surface area contributed by atoms with Gasteiger partial charge in [-0.25, -0.2) is 4.79 Å². The molecule has 0 spiro atoms. The van der Waals surface area contributed by atoms with E-state index in [1.807, 2.05) is 0 Å². The second-order valence-electron chi connectivity index (χ2n) is 21.8. The Morgan fingerprint density at radius 3 is 0.700 bits per heavy atom. The van der Waals surface area contributed by atoms with Crippen LogP contribution in [-0.2, 0) is 9.47 Å². The maximum atomic E-state index is 17.4. The fourth-order valence-electron chi connectivity index (χ4n) is 11.1. The molecule has 38 heteroatoms. The molecule has 100 heavy (non-hydrogen) atoms. The molecule has 1 saturated heterocycles. The van der Waals surface area contributed by atoms with Gasteiger partial charge in [0.15, 0.2) is 138 Å². The monoisotopic (exact) mass is 1400 g/mol. The first-order valence-corrected chi connectivity index (χ1v) is 26.9. The molecule has 5 atom stereocenters. The Bertz CT molecular complexity index is 4740. The highest BCUT2D eigenvalue weighted by molar-refractivity contribution is 6.33. The third-order valence-corrected chi connectivity index (χ3v) is 16.0. The van der Waals surface area contributed by atoms with Crippen LogP contribution in [0.2, 0.25) is 0 Å². The molecule has 0 radical (unpaired) electrons. The van der Waals surface area contributed by atoms with Crippen molar-refractivity contribution in [1.29, 1.82) is 0 Å². The van der Waals surface area contributed by atoms with Gasteiger partial charge in [0.25, 0.3) is 0 Å². The molecular formula is C62H44O38. The number of ketones is 7. The van der Waals surface area contributed by atoms with E-state index in [0.29, 0.717) is 0 Å². The molecule has 1 aliphatic rings. The summed E-state index contributed by atoms with van der Waals surface area (Å²) in [6, 6.07) is -3.79. The highest BCUT2D eigenvalue weighted by Crippen LogP contribution is 2.65. The van der Waals surface area contributed by atoms with Gasteiger partial charge in [0, 0.05) is 38.9 Å². The topological polar surface area (TPSA) is 721 Å². The molecule has 0 aromatic heterocycles. The van der Waals surface area contributed by atoms with Crippen LogP contribution in [0.5, 0.6) is 138 Å². The van der Waals surface area contributed by atoms with Crippen LogP contribution >= 0.6 is 0 Å². The van der Waals surface area contributed by atoms with Crippen LogP contribution < -0.4 is 0 Å². The van der Waals surface area contributed by atoms with Gasteiger partial charge >= 0.3 is 11.8 Å². The van der Waals surface area contributed by atoms with E-state index in [1.54, 1.807) is 0 Å². The number of benzene rings is 8. The Hall–Kier alpha value is -14.1. The number of Topliss-reactive ketones (excluding diaryl/α,β-unsaturated/α-hetero) is 7. The standard InChI is InChI=1S/C62H44O38/c63-25-1-17(2-26(64)41(25)79)49(87)57(95,50(88)18-3-27(65)42(80)28(66)4-18)61(54(92)22-11-35(73)46(84)36(74)12-22)59(97,52(90)20-7-31(69)44(82)32(70)8-20)58(96,51(89)19-5-29(67)43(81)30(68)6-19)60(98,53(91)21-9-33(71)45(83)34(72)10-21)62(100-61,55(93)23-13-37(75)47(85)38(76)14-23)99-56(94)24-15-39(77)48(86)40(78)16-24/h1-16,63-86,95-98H. The van der Waals surface area contributed by atoms with Crippen LogP contribution in [0.25, 0.3) is 0 Å². The Morgan fingerprint density at radius 2 is 0.450 bits per heavy atom. The van der Waals surface area contributed by atoms with Crippen molar-refractivity contribution >= 4 is 46.5 Å². The van der Waals surface area contributed by atoms with E-state index in [2.05, 4.69) is 0 Å². The number of hydrogen-bond acceptors (Lipinski definition) is 38. The maximum absolute atomic E-state index is 17.4. The average molecular weight is 1400 g/mol. The molecule has 1 aliphatic heterocycles. The third kappa shape index (κ3) is 9.70. The number of hydrogen-bond donors (Lipinski definition) is 28. The van der Waals surface area contributed by atoms with Gasteiger partial charge in [0.1, 0.15) is 0 Å². The summed E-state index contributed by atoms with van der Waals surface area (Å²) in [4.78, 5) is 134. The number of carbonyl (C=O) groups excluding carboxylic acids is 8. The molecule has 0 saturated carbocycles. The lowest BCUT2D eigenvalue weighted by atomic mass is 9.46. The van der Waals surface area contributed by atoms with E-state index in [1.165, 1.54) is 0 Å². The van der Waals surface area contributed by atoms with Crippen molar-refractivity contribution in [2.24, 2.45) is 0 Å². The smallest absolute Gasteiger partial charge is 0.341 e. The van der Waals surface area contributed by atoms with Gasteiger partial charge in [-0.15, -0.1) is 0 Å². The molecule has 0 aliphatic carbocycles. The van der Waals surface area contributed by atoms with E-state index in [-0.39, 0.29) is 97.1 Å². The van der Waals surface area contributed by atoms with E-state index >= 15 is 43.5 Å². The van der Waals surface area contributed by atoms with E-state index in [0.717, 1.165) is 0 Å². The number of esters is 1.